The molecule has 2 N–H and O–H groups in total. The maximum atomic E-state index is 11.6. The highest BCUT2D eigenvalue weighted by Gasteiger charge is 2.18. The summed E-state index contributed by atoms with van der Waals surface area (Å²) in [5, 5.41) is 0.0421. The monoisotopic (exact) mass is 253 g/mol. The number of ether oxygens (including phenoxy) is 1. The average Bonchev–Trinajstić information content (AvgIpc) is 2.32. The third-order valence-electron chi connectivity index (χ3n) is 2.21. The highest BCUT2D eigenvalue weighted by atomic mass is 35.5. The molecule has 0 saturated carbocycles. The zero-order chi connectivity index (χ0) is 13.0. The predicted octanol–water partition coefficient (Wildman–Crippen LogP) is 2.55. The van der Waals surface area contributed by atoms with Crippen LogP contribution < -0.4 is 5.73 Å². The number of aldehydes is 1. The number of hydrogen-bond donors (Lipinski definition) is 1. The van der Waals surface area contributed by atoms with Crippen LogP contribution in [0.25, 0.3) is 6.08 Å². The van der Waals surface area contributed by atoms with Gasteiger partial charge in [-0.25, -0.2) is 4.79 Å². The van der Waals surface area contributed by atoms with Gasteiger partial charge in [0.1, 0.15) is 0 Å². The summed E-state index contributed by atoms with van der Waals surface area (Å²) in [5.74, 6) is -0.576. The van der Waals surface area contributed by atoms with Crippen LogP contribution in [0.3, 0.4) is 0 Å². The zero-order valence-corrected chi connectivity index (χ0v) is 10.1. The first-order chi connectivity index (χ1) is 8.06. The van der Waals surface area contributed by atoms with E-state index in [0.29, 0.717) is 11.8 Å². The van der Waals surface area contributed by atoms with Crippen molar-refractivity contribution in [2.45, 2.75) is 6.92 Å². The highest BCUT2D eigenvalue weighted by Crippen LogP contribution is 2.30. The molecule has 1 aromatic carbocycles. The van der Waals surface area contributed by atoms with Crippen molar-refractivity contribution in [1.29, 1.82) is 0 Å². The lowest BCUT2D eigenvalue weighted by Gasteiger charge is -2.11. The van der Waals surface area contributed by atoms with E-state index in [4.69, 9.17) is 22.1 Å². The largest absolute Gasteiger partial charge is 0.462 e. The Morgan fingerprint density at radius 1 is 1.65 bits per heavy atom. The first-order valence-electron chi connectivity index (χ1n) is 4.93. The number of benzene rings is 1. The van der Waals surface area contributed by atoms with Crippen LogP contribution >= 0.6 is 11.6 Å². The summed E-state index contributed by atoms with van der Waals surface area (Å²) in [5.41, 5.74) is 6.53. The molecule has 17 heavy (non-hydrogen) atoms. The van der Waals surface area contributed by atoms with Gasteiger partial charge in [0, 0.05) is 5.56 Å². The molecule has 5 heteroatoms. The minimum Gasteiger partial charge on any atom is -0.462 e. The number of esters is 1. The number of carbonyl (C=O) groups excluding carboxylic acids is 2. The summed E-state index contributed by atoms with van der Waals surface area (Å²) in [4.78, 5) is 22.5. The van der Waals surface area contributed by atoms with Crippen molar-refractivity contribution in [2.75, 3.05) is 12.3 Å². The Morgan fingerprint density at radius 3 is 2.76 bits per heavy atom. The number of nitrogen functional groups attached to an aromatic ring is 1. The van der Waals surface area contributed by atoms with Gasteiger partial charge in [-0.2, -0.15) is 0 Å². The number of nitrogens with two attached hydrogens (primary N) is 1. The summed E-state index contributed by atoms with van der Waals surface area (Å²) in [7, 11) is 0. The number of halogens is 1. The van der Waals surface area contributed by atoms with Gasteiger partial charge in [0.2, 0.25) is 0 Å². The lowest BCUT2D eigenvalue weighted by Crippen LogP contribution is -2.10. The molecule has 0 bridgehead atoms. The lowest BCUT2D eigenvalue weighted by atomic mass is 10.0. The highest BCUT2D eigenvalue weighted by molar-refractivity contribution is 6.36. The summed E-state index contributed by atoms with van der Waals surface area (Å²) < 4.78 is 4.84. The van der Waals surface area contributed by atoms with Crippen LogP contribution in [0.1, 0.15) is 33.2 Å². The van der Waals surface area contributed by atoms with Crippen molar-refractivity contribution in [1.82, 2.24) is 0 Å². The molecule has 1 aromatic rings. The Labute approximate surface area is 104 Å². The third-order valence-corrected chi connectivity index (χ3v) is 2.61. The minimum absolute atomic E-state index is 0.0396. The van der Waals surface area contributed by atoms with Crippen molar-refractivity contribution in [3.8, 4) is 0 Å². The van der Waals surface area contributed by atoms with Crippen molar-refractivity contribution in [2.24, 2.45) is 0 Å². The molecule has 0 aliphatic heterocycles. The number of rotatable bonds is 4. The van der Waals surface area contributed by atoms with Crippen molar-refractivity contribution in [3.05, 3.63) is 34.4 Å². The van der Waals surface area contributed by atoms with E-state index in [-0.39, 0.29) is 28.4 Å². The average molecular weight is 254 g/mol. The fourth-order valence-electron chi connectivity index (χ4n) is 1.37. The standard InChI is InChI=1S/C12H12ClNO3/c1-3-7-5-8(12(16)17-4-2)11(14)10(13)9(7)6-15/h3,5-6H,1,4,14H2,2H3. The van der Waals surface area contributed by atoms with Crippen LogP contribution in [-0.4, -0.2) is 18.9 Å². The molecule has 0 radical (unpaired) electrons. The van der Waals surface area contributed by atoms with E-state index in [9.17, 15) is 9.59 Å². The molecular formula is C12H12ClNO3. The molecule has 0 unspecified atom stereocenters. The quantitative estimate of drug-likeness (QED) is 0.509. The van der Waals surface area contributed by atoms with Crippen molar-refractivity contribution < 1.29 is 14.3 Å². The Kier molecular flexibility index (Phi) is 4.29. The zero-order valence-electron chi connectivity index (χ0n) is 9.33. The van der Waals surface area contributed by atoms with Crippen LogP contribution in [-0.2, 0) is 4.74 Å². The molecule has 0 amide bonds. The first-order valence-corrected chi connectivity index (χ1v) is 5.31. The summed E-state index contributed by atoms with van der Waals surface area (Å²) in [6, 6.07) is 1.44. The van der Waals surface area contributed by atoms with Crippen LogP contribution in [0, 0.1) is 0 Å². The molecule has 1 rings (SSSR count). The lowest BCUT2D eigenvalue weighted by molar-refractivity contribution is 0.0527. The Hall–Kier alpha value is -1.81. The molecule has 4 nitrogen and oxygen atoms in total. The van der Waals surface area contributed by atoms with E-state index < -0.39 is 5.97 Å². The van der Waals surface area contributed by atoms with Gasteiger partial charge < -0.3 is 10.5 Å². The van der Waals surface area contributed by atoms with Gasteiger partial charge in [-0.3, -0.25) is 4.79 Å². The first kappa shape index (κ1) is 13.3. The summed E-state index contributed by atoms with van der Waals surface area (Å²) in [6.07, 6.45) is 2.00. The van der Waals surface area contributed by atoms with Gasteiger partial charge in [-0.1, -0.05) is 24.3 Å². The predicted molar refractivity (Wildman–Crippen MR) is 67.3 cm³/mol. The van der Waals surface area contributed by atoms with E-state index in [1.54, 1.807) is 6.92 Å². The fraction of sp³-hybridized carbons (Fsp3) is 0.167. The Bertz CT molecular complexity index is 483. The topological polar surface area (TPSA) is 69.4 Å². The minimum atomic E-state index is -0.576. The van der Waals surface area contributed by atoms with Crippen LogP contribution in [0.4, 0.5) is 5.69 Å². The van der Waals surface area contributed by atoms with Gasteiger partial charge in [0.25, 0.3) is 0 Å². The van der Waals surface area contributed by atoms with Crippen molar-refractivity contribution in [3.63, 3.8) is 0 Å². The molecule has 0 atom stereocenters. The molecule has 90 valence electrons. The van der Waals surface area contributed by atoms with Crippen LogP contribution in [0.5, 0.6) is 0 Å². The Morgan fingerprint density at radius 2 is 2.29 bits per heavy atom. The summed E-state index contributed by atoms with van der Waals surface area (Å²) >= 11 is 5.91. The molecule has 0 aliphatic rings. The smallest absolute Gasteiger partial charge is 0.340 e. The maximum absolute atomic E-state index is 11.6. The molecule has 0 aliphatic carbocycles. The van der Waals surface area contributed by atoms with E-state index in [2.05, 4.69) is 6.58 Å². The molecule has 0 spiro atoms. The van der Waals surface area contributed by atoms with Gasteiger partial charge in [-0.05, 0) is 18.6 Å². The SMILES string of the molecule is C=Cc1cc(C(=O)OCC)c(N)c(Cl)c1C=O. The van der Waals surface area contributed by atoms with E-state index in [0.717, 1.165) is 0 Å². The number of hydrogen-bond acceptors (Lipinski definition) is 4. The van der Waals surface area contributed by atoms with Gasteiger partial charge in [0.15, 0.2) is 6.29 Å². The van der Waals surface area contributed by atoms with Gasteiger partial charge >= 0.3 is 5.97 Å². The number of carbonyl (C=O) groups is 2. The van der Waals surface area contributed by atoms with E-state index in [1.807, 2.05) is 0 Å². The van der Waals surface area contributed by atoms with E-state index in [1.165, 1.54) is 12.1 Å². The second kappa shape index (κ2) is 5.50. The fourth-order valence-corrected chi connectivity index (χ4v) is 1.62. The normalized spacial score (nSPS) is 9.76. The molecule has 0 aromatic heterocycles. The van der Waals surface area contributed by atoms with Gasteiger partial charge in [-0.15, -0.1) is 0 Å². The van der Waals surface area contributed by atoms with Crippen molar-refractivity contribution >= 4 is 35.6 Å². The molecule has 0 saturated heterocycles. The molecule has 0 fully saturated rings. The molecule has 0 heterocycles. The number of anilines is 1. The van der Waals surface area contributed by atoms with E-state index >= 15 is 0 Å². The van der Waals surface area contributed by atoms with Gasteiger partial charge in [0.05, 0.1) is 22.9 Å². The van der Waals surface area contributed by atoms with Crippen LogP contribution in [0.2, 0.25) is 5.02 Å². The maximum Gasteiger partial charge on any atom is 0.340 e. The second-order valence-electron chi connectivity index (χ2n) is 3.20. The third kappa shape index (κ3) is 2.47. The Balaban J connectivity index is 3.44. The van der Waals surface area contributed by atoms with Crippen LogP contribution in [0.15, 0.2) is 12.6 Å². The molecular weight excluding hydrogens is 242 g/mol. The second-order valence-corrected chi connectivity index (χ2v) is 3.58. The summed E-state index contributed by atoms with van der Waals surface area (Å²) in [6.45, 7) is 5.46.